The topological polar surface area (TPSA) is 70.2 Å². The summed E-state index contributed by atoms with van der Waals surface area (Å²) in [5.41, 5.74) is 1.05. The lowest BCUT2D eigenvalue weighted by atomic mass is 10.2. The molecule has 0 spiro atoms. The minimum absolute atomic E-state index is 0.387. The molecule has 2 rings (SSSR count). The molecule has 1 atom stereocenters. The fraction of sp³-hybridized carbons (Fsp3) is 0.125. The van der Waals surface area contributed by atoms with E-state index < -0.39 is 17.0 Å². The van der Waals surface area contributed by atoms with Crippen LogP contribution in [0.3, 0.4) is 0 Å². The van der Waals surface area contributed by atoms with Crippen LogP contribution < -0.4 is 16.0 Å². The van der Waals surface area contributed by atoms with Gasteiger partial charge in [-0.2, -0.15) is 0 Å². The van der Waals surface area contributed by atoms with Crippen LogP contribution in [0.2, 0.25) is 0 Å². The second-order valence-electron chi connectivity index (χ2n) is 4.62. The summed E-state index contributed by atoms with van der Waals surface area (Å²) in [6.45, 7) is 0. The van der Waals surface area contributed by atoms with Crippen molar-refractivity contribution >= 4 is 40.8 Å². The molecule has 0 saturated heterocycles. The van der Waals surface area contributed by atoms with Crippen molar-refractivity contribution in [2.45, 2.75) is 11.0 Å². The predicted octanol–water partition coefficient (Wildman–Crippen LogP) is 3.37. The van der Waals surface area contributed by atoms with Gasteiger partial charge in [-0.15, -0.1) is 23.2 Å². The fourth-order valence-corrected chi connectivity index (χ4v) is 2.06. The molecule has 0 aliphatic heterocycles. The minimum Gasteiger partial charge on any atom is -0.329 e. The Hall–Kier alpha value is -2.24. The van der Waals surface area contributed by atoms with Crippen molar-refractivity contribution in [3.63, 3.8) is 0 Å². The molecule has 0 aliphatic carbocycles. The van der Waals surface area contributed by atoms with Crippen LogP contribution >= 0.6 is 23.2 Å². The Labute approximate surface area is 144 Å². The number of hydrogen-bond acceptors (Lipinski definition) is 2. The molecule has 2 aromatic carbocycles. The van der Waals surface area contributed by atoms with E-state index in [-0.39, 0.29) is 5.91 Å². The predicted molar refractivity (Wildman–Crippen MR) is 91.8 cm³/mol. The van der Waals surface area contributed by atoms with E-state index in [2.05, 4.69) is 16.0 Å². The molecule has 3 amide bonds. The van der Waals surface area contributed by atoms with Crippen molar-refractivity contribution < 1.29 is 9.59 Å². The fourth-order valence-electron chi connectivity index (χ4n) is 1.81. The third-order valence-electron chi connectivity index (χ3n) is 2.89. The van der Waals surface area contributed by atoms with Gasteiger partial charge in [0.05, 0.1) is 0 Å². The summed E-state index contributed by atoms with van der Waals surface area (Å²) in [5, 5.41) is 7.72. The summed E-state index contributed by atoms with van der Waals surface area (Å²) in [6, 6.07) is 16.9. The van der Waals surface area contributed by atoms with E-state index in [9.17, 15) is 9.59 Å². The number of carbonyl (C=O) groups is 2. The van der Waals surface area contributed by atoms with E-state index in [1.165, 1.54) is 0 Å². The molecule has 3 N–H and O–H groups in total. The molecule has 0 fully saturated rings. The highest BCUT2D eigenvalue weighted by molar-refractivity contribution is 6.45. The van der Waals surface area contributed by atoms with E-state index in [1.54, 1.807) is 54.6 Å². The maximum atomic E-state index is 12.1. The first-order chi connectivity index (χ1) is 11.1. The van der Waals surface area contributed by atoms with Crippen LogP contribution in [0.25, 0.3) is 0 Å². The summed E-state index contributed by atoms with van der Waals surface area (Å²) in [7, 11) is 0. The van der Waals surface area contributed by atoms with Crippen LogP contribution in [-0.4, -0.2) is 22.9 Å². The van der Waals surface area contributed by atoms with Crippen LogP contribution in [0.15, 0.2) is 60.7 Å². The Morgan fingerprint density at radius 3 is 1.96 bits per heavy atom. The minimum atomic E-state index is -1.01. The van der Waals surface area contributed by atoms with Crippen molar-refractivity contribution in [2.75, 3.05) is 5.32 Å². The van der Waals surface area contributed by atoms with Crippen molar-refractivity contribution in [3.05, 3.63) is 66.2 Å². The third-order valence-corrected chi connectivity index (χ3v) is 3.40. The highest BCUT2D eigenvalue weighted by Crippen LogP contribution is 2.09. The van der Waals surface area contributed by atoms with Crippen LogP contribution in [0.5, 0.6) is 0 Å². The number of alkyl halides is 2. The normalized spacial score (nSPS) is 11.6. The van der Waals surface area contributed by atoms with Gasteiger partial charge in [0.1, 0.15) is 11.0 Å². The summed E-state index contributed by atoms with van der Waals surface area (Å²) >= 11 is 11.7. The van der Waals surface area contributed by atoms with Gasteiger partial charge in [0.25, 0.3) is 5.91 Å². The average molecular weight is 352 g/mol. The van der Waals surface area contributed by atoms with Crippen molar-refractivity contribution in [3.8, 4) is 0 Å². The molecule has 0 saturated carbocycles. The SMILES string of the molecule is O=C(Nc1ccccc1)NC(NC(=O)c1ccccc1)C(Cl)Cl. The Morgan fingerprint density at radius 1 is 0.826 bits per heavy atom. The first-order valence-electron chi connectivity index (χ1n) is 6.83. The van der Waals surface area contributed by atoms with Crippen molar-refractivity contribution in [1.29, 1.82) is 0 Å². The van der Waals surface area contributed by atoms with E-state index in [0.29, 0.717) is 11.3 Å². The highest BCUT2D eigenvalue weighted by Gasteiger charge is 2.22. The molecule has 23 heavy (non-hydrogen) atoms. The van der Waals surface area contributed by atoms with E-state index in [4.69, 9.17) is 23.2 Å². The van der Waals surface area contributed by atoms with E-state index in [0.717, 1.165) is 0 Å². The standard InChI is InChI=1S/C16H15Cl2N3O2/c17-13(18)14(20-15(22)11-7-3-1-4-8-11)21-16(23)19-12-9-5-2-6-10-12/h1-10,13-14H,(H,20,22)(H2,19,21,23). The molecule has 5 nitrogen and oxygen atoms in total. The van der Waals surface area contributed by atoms with Crippen LogP contribution in [-0.2, 0) is 0 Å². The lowest BCUT2D eigenvalue weighted by Crippen LogP contribution is -2.52. The summed E-state index contributed by atoms with van der Waals surface area (Å²) in [6.07, 6.45) is -0.935. The first kappa shape index (κ1) is 17.1. The Balaban J connectivity index is 1.96. The number of anilines is 1. The largest absolute Gasteiger partial charge is 0.329 e. The number of benzene rings is 2. The lowest BCUT2D eigenvalue weighted by molar-refractivity contribution is 0.0935. The smallest absolute Gasteiger partial charge is 0.320 e. The van der Waals surface area contributed by atoms with Gasteiger partial charge >= 0.3 is 6.03 Å². The number of nitrogens with one attached hydrogen (secondary N) is 3. The van der Waals surface area contributed by atoms with Gasteiger partial charge in [-0.05, 0) is 24.3 Å². The Morgan fingerprint density at radius 2 is 1.39 bits per heavy atom. The first-order valence-corrected chi connectivity index (χ1v) is 7.70. The zero-order valence-corrected chi connectivity index (χ0v) is 13.5. The van der Waals surface area contributed by atoms with Crippen LogP contribution in [0.1, 0.15) is 10.4 Å². The second-order valence-corrected chi connectivity index (χ2v) is 5.78. The van der Waals surface area contributed by atoms with Gasteiger partial charge in [0.15, 0.2) is 0 Å². The molecule has 2 aromatic rings. The average Bonchev–Trinajstić information content (AvgIpc) is 2.55. The Bertz CT molecular complexity index is 651. The number of para-hydroxylation sites is 1. The molecule has 120 valence electrons. The van der Waals surface area contributed by atoms with Gasteiger partial charge in [-0.25, -0.2) is 4.79 Å². The molecule has 0 bridgehead atoms. The zero-order valence-electron chi connectivity index (χ0n) is 12.0. The molecular weight excluding hydrogens is 337 g/mol. The van der Waals surface area contributed by atoms with Crippen molar-refractivity contribution in [2.24, 2.45) is 0 Å². The molecule has 7 heteroatoms. The van der Waals surface area contributed by atoms with Crippen molar-refractivity contribution in [1.82, 2.24) is 10.6 Å². The maximum Gasteiger partial charge on any atom is 0.320 e. The van der Waals surface area contributed by atoms with Gasteiger partial charge in [0.2, 0.25) is 0 Å². The number of carbonyl (C=O) groups excluding carboxylic acids is 2. The van der Waals surface area contributed by atoms with Gasteiger partial charge in [0, 0.05) is 11.3 Å². The molecular formula is C16H15Cl2N3O2. The molecule has 0 aromatic heterocycles. The molecule has 1 unspecified atom stereocenters. The maximum absolute atomic E-state index is 12.1. The number of urea groups is 1. The summed E-state index contributed by atoms with van der Waals surface area (Å²) < 4.78 is 0. The highest BCUT2D eigenvalue weighted by atomic mass is 35.5. The zero-order chi connectivity index (χ0) is 16.7. The van der Waals surface area contributed by atoms with Gasteiger partial charge < -0.3 is 16.0 Å². The summed E-state index contributed by atoms with van der Waals surface area (Å²) in [4.78, 5) is 23.0. The lowest BCUT2D eigenvalue weighted by Gasteiger charge is -2.21. The number of rotatable bonds is 5. The van der Waals surface area contributed by atoms with Gasteiger partial charge in [-0.1, -0.05) is 36.4 Å². The quantitative estimate of drug-likeness (QED) is 0.570. The third kappa shape index (κ3) is 5.47. The van der Waals surface area contributed by atoms with Crippen LogP contribution in [0.4, 0.5) is 10.5 Å². The molecule has 0 radical (unpaired) electrons. The monoisotopic (exact) mass is 351 g/mol. The Kier molecular flexibility index (Phi) is 6.26. The number of halogens is 2. The summed E-state index contributed by atoms with van der Waals surface area (Å²) in [5.74, 6) is -0.387. The number of hydrogen-bond donors (Lipinski definition) is 3. The van der Waals surface area contributed by atoms with E-state index in [1.807, 2.05) is 6.07 Å². The molecule has 0 heterocycles. The van der Waals surface area contributed by atoms with Crippen LogP contribution in [0, 0.1) is 0 Å². The second kappa shape index (κ2) is 8.41. The number of amides is 3. The van der Waals surface area contributed by atoms with E-state index >= 15 is 0 Å². The van der Waals surface area contributed by atoms with Gasteiger partial charge in [-0.3, -0.25) is 4.79 Å². The molecule has 0 aliphatic rings.